The van der Waals surface area contributed by atoms with Gasteiger partial charge in [0.2, 0.25) is 5.91 Å². The standard InChI is InChI=1S/C46H69N3O7/c1-28(2)38-31(50)23-46(34(51)27-49(36(52)25-47-10)26-29-13-11-12-22-48-29)21-20-44(8)30(39(38)46)14-15-33-43(7)18-17-35(56-37(53)24-41(3,4)40(54)55)42(5,6)32(43)16-19-45(33,44)9/h11-13,22,28,30,32-35,47,51H,14-21,23-27H2,1-10H3,(H,54,55). The number of carbonyl (C=O) groups excluding carboxylic acids is 3. The Balaban J connectivity index is 1.30. The number of pyridine rings is 1. The summed E-state index contributed by atoms with van der Waals surface area (Å²) < 4.78 is 6.17. The van der Waals surface area contributed by atoms with Crippen LogP contribution in [0.15, 0.2) is 35.5 Å². The minimum absolute atomic E-state index is 0.0160. The summed E-state index contributed by atoms with van der Waals surface area (Å²) in [5.74, 6) is -0.455. The first-order chi connectivity index (χ1) is 26.1. The van der Waals surface area contributed by atoms with Crippen molar-refractivity contribution in [3.8, 4) is 0 Å². The van der Waals surface area contributed by atoms with Gasteiger partial charge in [0.15, 0.2) is 5.78 Å². The zero-order valence-electron chi connectivity index (χ0n) is 35.8. The van der Waals surface area contributed by atoms with E-state index in [0.29, 0.717) is 24.7 Å². The molecule has 1 aromatic heterocycles. The molecule has 5 aliphatic carbocycles. The number of carboxylic acid groups (broad SMARTS) is 1. The van der Waals surface area contributed by atoms with Crippen molar-refractivity contribution in [1.82, 2.24) is 15.2 Å². The SMILES string of the molecule is CNCC(=O)N(Cc1ccccn1)CC(O)C12CCC3(C)C(CCC4C5(C)CCC(OC(=O)CC(C)(C)C(=O)O)C(C)(C)C5CCC43C)C1=C(C(C)C)C(=O)C2. The van der Waals surface area contributed by atoms with E-state index in [0.717, 1.165) is 56.2 Å². The van der Waals surface area contributed by atoms with E-state index in [4.69, 9.17) is 4.74 Å². The molecule has 0 aromatic carbocycles. The number of aliphatic carboxylic acids is 1. The predicted octanol–water partition coefficient (Wildman–Crippen LogP) is 7.38. The monoisotopic (exact) mass is 776 g/mol. The summed E-state index contributed by atoms with van der Waals surface area (Å²) in [6.45, 7) is 20.0. The lowest BCUT2D eigenvalue weighted by atomic mass is 9.33. The molecule has 6 rings (SSSR count). The number of amides is 1. The Morgan fingerprint density at radius 3 is 2.32 bits per heavy atom. The van der Waals surface area contributed by atoms with Gasteiger partial charge in [0.25, 0.3) is 0 Å². The van der Waals surface area contributed by atoms with E-state index in [1.165, 1.54) is 5.57 Å². The van der Waals surface area contributed by atoms with Crippen molar-refractivity contribution < 1.29 is 34.1 Å². The highest BCUT2D eigenvalue weighted by molar-refractivity contribution is 6.00. The van der Waals surface area contributed by atoms with Crippen LogP contribution in [0.4, 0.5) is 0 Å². The highest BCUT2D eigenvalue weighted by Gasteiger charge is 2.71. The van der Waals surface area contributed by atoms with Crippen molar-refractivity contribution in [3.05, 3.63) is 41.2 Å². The first-order valence-electron chi connectivity index (χ1n) is 21.3. The molecule has 9 atom stereocenters. The molecule has 1 amide bonds. The van der Waals surface area contributed by atoms with E-state index in [1.807, 2.05) is 18.2 Å². The van der Waals surface area contributed by atoms with Gasteiger partial charge in [-0.25, -0.2) is 0 Å². The fraction of sp³-hybridized carbons (Fsp3) is 0.761. The number of ketones is 1. The number of nitrogens with zero attached hydrogens (tertiary/aromatic N) is 2. The number of esters is 1. The van der Waals surface area contributed by atoms with Crippen LogP contribution in [0.3, 0.4) is 0 Å². The van der Waals surface area contributed by atoms with Crippen molar-refractivity contribution in [2.24, 2.45) is 56.2 Å². The van der Waals surface area contributed by atoms with Gasteiger partial charge in [0.1, 0.15) is 6.10 Å². The fourth-order valence-electron chi connectivity index (χ4n) is 13.5. The minimum atomic E-state index is -1.18. The molecule has 56 heavy (non-hydrogen) atoms. The molecule has 0 radical (unpaired) electrons. The van der Waals surface area contributed by atoms with E-state index in [2.05, 4.69) is 58.8 Å². The topological polar surface area (TPSA) is 146 Å². The lowest BCUT2D eigenvalue weighted by molar-refractivity contribution is -0.235. The van der Waals surface area contributed by atoms with Gasteiger partial charge in [-0.05, 0) is 130 Å². The Morgan fingerprint density at radius 2 is 1.70 bits per heavy atom. The number of aliphatic hydroxyl groups excluding tert-OH is 1. The summed E-state index contributed by atoms with van der Waals surface area (Å²) >= 11 is 0. The van der Waals surface area contributed by atoms with Gasteiger partial charge < -0.3 is 25.2 Å². The molecule has 4 saturated carbocycles. The zero-order valence-corrected chi connectivity index (χ0v) is 35.8. The molecule has 310 valence electrons. The number of hydrogen-bond acceptors (Lipinski definition) is 8. The molecule has 5 aliphatic rings. The van der Waals surface area contributed by atoms with E-state index >= 15 is 0 Å². The van der Waals surface area contributed by atoms with Crippen LogP contribution in [0.2, 0.25) is 0 Å². The van der Waals surface area contributed by atoms with Crippen LogP contribution < -0.4 is 5.32 Å². The van der Waals surface area contributed by atoms with Gasteiger partial charge in [-0.3, -0.25) is 24.2 Å². The van der Waals surface area contributed by atoms with Gasteiger partial charge in [-0.15, -0.1) is 0 Å². The van der Waals surface area contributed by atoms with Gasteiger partial charge in [-0.2, -0.15) is 0 Å². The Hall–Kier alpha value is -3.11. The van der Waals surface area contributed by atoms with Crippen molar-refractivity contribution in [1.29, 1.82) is 0 Å². The van der Waals surface area contributed by atoms with Crippen LogP contribution in [0, 0.1) is 56.2 Å². The molecule has 0 aliphatic heterocycles. The Labute approximate surface area is 335 Å². The van der Waals surface area contributed by atoms with E-state index < -0.39 is 28.9 Å². The van der Waals surface area contributed by atoms with Crippen LogP contribution in [-0.2, 0) is 30.5 Å². The van der Waals surface area contributed by atoms with Gasteiger partial charge >= 0.3 is 11.9 Å². The second-order valence-corrected chi connectivity index (χ2v) is 20.7. The number of carbonyl (C=O) groups is 4. The average molecular weight is 776 g/mol. The van der Waals surface area contributed by atoms with Crippen molar-refractivity contribution in [2.45, 2.75) is 145 Å². The molecule has 0 spiro atoms. The summed E-state index contributed by atoms with van der Waals surface area (Å²) in [6, 6.07) is 5.65. The first kappa shape index (κ1) is 42.5. The Kier molecular flexibility index (Phi) is 11.3. The maximum atomic E-state index is 14.2. The highest BCUT2D eigenvalue weighted by atomic mass is 16.5. The average Bonchev–Trinajstić information content (AvgIpc) is 3.43. The van der Waals surface area contributed by atoms with Crippen molar-refractivity contribution in [3.63, 3.8) is 0 Å². The molecule has 0 saturated heterocycles. The Bertz CT molecular complexity index is 1740. The summed E-state index contributed by atoms with van der Waals surface area (Å²) in [4.78, 5) is 58.9. The molecule has 10 heteroatoms. The van der Waals surface area contributed by atoms with Crippen LogP contribution in [-0.4, -0.2) is 76.1 Å². The number of likely N-dealkylation sites (N-methyl/N-ethyl adjacent to an activating group) is 1. The van der Waals surface area contributed by atoms with Crippen molar-refractivity contribution in [2.75, 3.05) is 20.1 Å². The number of Topliss-reactive ketones (excluding diaryl/α,β-unsaturated/α-hetero) is 1. The van der Waals surface area contributed by atoms with Crippen LogP contribution >= 0.6 is 0 Å². The smallest absolute Gasteiger partial charge is 0.309 e. The van der Waals surface area contributed by atoms with Crippen LogP contribution in [0.5, 0.6) is 0 Å². The molecule has 10 nitrogen and oxygen atoms in total. The quantitative estimate of drug-likeness (QED) is 0.185. The number of allylic oxidation sites excluding steroid dienone is 1. The summed E-state index contributed by atoms with van der Waals surface area (Å²) in [6.07, 6.45) is 8.00. The molecule has 1 aromatic rings. The molecule has 1 heterocycles. The molecule has 9 unspecified atom stereocenters. The lowest BCUT2D eigenvalue weighted by Crippen LogP contribution is -2.66. The van der Waals surface area contributed by atoms with E-state index in [1.54, 1.807) is 32.0 Å². The second kappa shape index (κ2) is 14.9. The second-order valence-electron chi connectivity index (χ2n) is 20.7. The minimum Gasteiger partial charge on any atom is -0.481 e. The first-order valence-corrected chi connectivity index (χ1v) is 21.3. The lowest BCUT2D eigenvalue weighted by Gasteiger charge is -2.72. The number of aromatic nitrogens is 1. The summed E-state index contributed by atoms with van der Waals surface area (Å²) in [7, 11) is 1.75. The third-order valence-corrected chi connectivity index (χ3v) is 16.7. The highest BCUT2D eigenvalue weighted by Crippen LogP contribution is 2.77. The van der Waals surface area contributed by atoms with E-state index in [9.17, 15) is 29.4 Å². The molecule has 3 N–H and O–H groups in total. The third-order valence-electron chi connectivity index (χ3n) is 16.7. The molecular weight excluding hydrogens is 707 g/mol. The number of aliphatic hydroxyl groups is 1. The van der Waals surface area contributed by atoms with E-state index in [-0.39, 0.29) is 77.3 Å². The number of rotatable bonds is 12. The predicted molar refractivity (Wildman–Crippen MR) is 215 cm³/mol. The molecule has 0 bridgehead atoms. The maximum Gasteiger partial charge on any atom is 0.309 e. The normalized spacial score (nSPS) is 35.5. The maximum absolute atomic E-state index is 14.2. The van der Waals surface area contributed by atoms with Crippen LogP contribution in [0.1, 0.15) is 132 Å². The number of ether oxygens (including phenoxy) is 1. The van der Waals surface area contributed by atoms with Gasteiger partial charge in [-0.1, -0.05) is 60.1 Å². The molecular formula is C46H69N3O7. The molecule has 4 fully saturated rings. The number of nitrogens with one attached hydrogen (secondary N) is 1. The van der Waals surface area contributed by atoms with Gasteiger partial charge in [0.05, 0.1) is 36.7 Å². The van der Waals surface area contributed by atoms with Crippen LogP contribution in [0.25, 0.3) is 0 Å². The number of hydrogen-bond donors (Lipinski definition) is 3. The largest absolute Gasteiger partial charge is 0.481 e. The van der Waals surface area contributed by atoms with Crippen molar-refractivity contribution >= 4 is 23.6 Å². The number of fused-ring (bicyclic) bond motifs is 7. The zero-order chi connectivity index (χ0) is 41.2. The third kappa shape index (κ3) is 6.76. The summed E-state index contributed by atoms with van der Waals surface area (Å²) in [5.41, 5.74) is 0.575. The fourth-order valence-corrected chi connectivity index (χ4v) is 13.5. The summed E-state index contributed by atoms with van der Waals surface area (Å²) in [5, 5.41) is 25.2. The number of carboxylic acids is 1. The Morgan fingerprint density at radius 1 is 0.982 bits per heavy atom. The van der Waals surface area contributed by atoms with Gasteiger partial charge in [0, 0.05) is 30.0 Å².